The number of ether oxygens (including phenoxy) is 1. The van der Waals surface area contributed by atoms with Gasteiger partial charge in [0.15, 0.2) is 0 Å². The molecule has 164 valence electrons. The second kappa shape index (κ2) is 7.91. The van der Waals surface area contributed by atoms with Crippen molar-refractivity contribution < 1.29 is 13.9 Å². The van der Waals surface area contributed by atoms with Crippen LogP contribution in [0.2, 0.25) is 0 Å². The Morgan fingerprint density at radius 2 is 2.00 bits per heavy atom. The first-order valence-electron chi connectivity index (χ1n) is 10.7. The van der Waals surface area contributed by atoms with Gasteiger partial charge in [0.05, 0.1) is 23.7 Å². The zero-order valence-corrected chi connectivity index (χ0v) is 18.3. The van der Waals surface area contributed by atoms with Crippen LogP contribution in [0.1, 0.15) is 41.0 Å². The highest BCUT2D eigenvalue weighted by Gasteiger charge is 2.29. The molecule has 2 aliphatic heterocycles. The zero-order chi connectivity index (χ0) is 22.4. The number of fused-ring (bicyclic) bond motifs is 2. The third-order valence-electron chi connectivity index (χ3n) is 6.31. The number of halogens is 1. The molecule has 32 heavy (non-hydrogen) atoms. The molecule has 3 heterocycles. The van der Waals surface area contributed by atoms with Gasteiger partial charge in [-0.1, -0.05) is 30.3 Å². The van der Waals surface area contributed by atoms with E-state index in [1.54, 1.807) is 12.1 Å². The molecule has 2 aromatic carbocycles. The first kappa shape index (κ1) is 20.5. The van der Waals surface area contributed by atoms with Crippen molar-refractivity contribution in [1.82, 2.24) is 4.98 Å². The number of aromatic nitrogens is 1. The van der Waals surface area contributed by atoms with Gasteiger partial charge in [-0.3, -0.25) is 4.79 Å². The molecule has 7 heteroatoms. The Balaban J connectivity index is 1.33. The maximum atomic E-state index is 13.2. The van der Waals surface area contributed by atoms with Gasteiger partial charge in [-0.2, -0.15) is 0 Å². The molecule has 2 aliphatic rings. The number of amides is 1. The number of nitrogens with zero attached hydrogens (tertiary/aromatic N) is 2. The van der Waals surface area contributed by atoms with Gasteiger partial charge in [-0.25, -0.2) is 9.37 Å². The second-order valence-electron chi connectivity index (χ2n) is 8.39. The van der Waals surface area contributed by atoms with Crippen molar-refractivity contribution in [3.05, 3.63) is 82.3 Å². The Labute approximate surface area is 186 Å². The molecule has 0 radical (unpaired) electrons. The molecule has 3 aromatic rings. The minimum atomic E-state index is -0.248. The number of hydrogen-bond donors (Lipinski definition) is 2. The smallest absolute Gasteiger partial charge is 0.246 e. The van der Waals surface area contributed by atoms with Crippen LogP contribution in [-0.2, 0) is 22.7 Å². The summed E-state index contributed by atoms with van der Waals surface area (Å²) in [6, 6.07) is 14.5. The summed E-state index contributed by atoms with van der Waals surface area (Å²) in [4.78, 5) is 18.7. The number of pyridine rings is 1. The molecule has 2 atom stereocenters. The predicted octanol–water partition coefficient (Wildman–Crippen LogP) is 4.54. The predicted molar refractivity (Wildman–Crippen MR) is 122 cm³/mol. The maximum absolute atomic E-state index is 13.2. The van der Waals surface area contributed by atoms with Crippen LogP contribution in [0.5, 0.6) is 0 Å². The van der Waals surface area contributed by atoms with E-state index in [0.29, 0.717) is 13.2 Å². The largest absolute Gasteiger partial charge is 0.366 e. The molecule has 1 amide bonds. The number of hydrogen-bond acceptors (Lipinski definition) is 5. The van der Waals surface area contributed by atoms with Crippen molar-refractivity contribution in [3.8, 4) is 0 Å². The van der Waals surface area contributed by atoms with Crippen LogP contribution in [0.15, 0.2) is 48.5 Å². The SMILES string of the molecule is Cc1nc(NCc2ccc3c(c2)CO[C@@H]3c2ccc(F)cc2)cc2c1NC(=O)[C@H](C)N2C. The summed E-state index contributed by atoms with van der Waals surface area (Å²) >= 11 is 0. The molecule has 2 N–H and O–H groups in total. The Morgan fingerprint density at radius 3 is 2.78 bits per heavy atom. The summed E-state index contributed by atoms with van der Waals surface area (Å²) in [6.45, 7) is 4.93. The molecule has 1 aromatic heterocycles. The van der Waals surface area contributed by atoms with Crippen molar-refractivity contribution in [2.24, 2.45) is 0 Å². The number of likely N-dealkylation sites (N-methyl/N-ethyl adjacent to an activating group) is 1. The first-order valence-corrected chi connectivity index (χ1v) is 10.7. The Hall–Kier alpha value is -3.45. The highest BCUT2D eigenvalue weighted by molar-refractivity contribution is 6.04. The third-order valence-corrected chi connectivity index (χ3v) is 6.31. The molecule has 6 nitrogen and oxygen atoms in total. The van der Waals surface area contributed by atoms with Gasteiger partial charge in [0, 0.05) is 19.7 Å². The quantitative estimate of drug-likeness (QED) is 0.634. The van der Waals surface area contributed by atoms with Crippen LogP contribution < -0.4 is 15.5 Å². The van der Waals surface area contributed by atoms with E-state index < -0.39 is 0 Å². The van der Waals surface area contributed by atoms with Crippen molar-refractivity contribution in [2.75, 3.05) is 22.6 Å². The summed E-state index contributed by atoms with van der Waals surface area (Å²) in [5.41, 5.74) is 6.84. The Bertz CT molecular complexity index is 1200. The van der Waals surface area contributed by atoms with Gasteiger partial charge in [0.2, 0.25) is 5.91 Å². The van der Waals surface area contributed by atoms with Crippen LogP contribution in [0, 0.1) is 12.7 Å². The molecule has 0 saturated heterocycles. The molecule has 0 aliphatic carbocycles. The first-order chi connectivity index (χ1) is 15.4. The lowest BCUT2D eigenvalue weighted by molar-refractivity contribution is -0.117. The average molecular weight is 432 g/mol. The highest BCUT2D eigenvalue weighted by Crippen LogP contribution is 2.37. The number of anilines is 3. The average Bonchev–Trinajstić information content (AvgIpc) is 3.21. The number of carbonyl (C=O) groups excluding carboxylic acids is 1. The Morgan fingerprint density at radius 1 is 1.22 bits per heavy atom. The minimum Gasteiger partial charge on any atom is -0.366 e. The second-order valence-corrected chi connectivity index (χ2v) is 8.39. The topological polar surface area (TPSA) is 66.5 Å². The van der Waals surface area contributed by atoms with Gasteiger partial charge in [-0.15, -0.1) is 0 Å². The summed E-state index contributed by atoms with van der Waals surface area (Å²) in [5.74, 6) is 0.491. The minimum absolute atomic E-state index is 0.0232. The van der Waals surface area contributed by atoms with E-state index in [2.05, 4.69) is 33.8 Å². The van der Waals surface area contributed by atoms with E-state index in [9.17, 15) is 9.18 Å². The van der Waals surface area contributed by atoms with Gasteiger partial charge in [-0.05, 0) is 48.2 Å². The van der Waals surface area contributed by atoms with E-state index in [4.69, 9.17) is 4.74 Å². The molecule has 5 rings (SSSR count). The highest BCUT2D eigenvalue weighted by atomic mass is 19.1. The Kier molecular flexibility index (Phi) is 5.06. The molecule has 0 saturated carbocycles. The molecular formula is C25H25FN4O2. The monoisotopic (exact) mass is 432 g/mol. The van der Waals surface area contributed by atoms with Crippen LogP contribution in [0.3, 0.4) is 0 Å². The van der Waals surface area contributed by atoms with Crippen LogP contribution in [0.25, 0.3) is 0 Å². The van der Waals surface area contributed by atoms with Crippen LogP contribution in [0.4, 0.5) is 21.6 Å². The summed E-state index contributed by atoms with van der Waals surface area (Å²) in [5, 5.41) is 6.36. The van der Waals surface area contributed by atoms with Gasteiger partial charge < -0.3 is 20.3 Å². The van der Waals surface area contributed by atoms with E-state index in [-0.39, 0.29) is 23.9 Å². The fourth-order valence-electron chi connectivity index (χ4n) is 4.31. The normalized spacial score (nSPS) is 19.4. The van der Waals surface area contributed by atoms with E-state index in [1.807, 2.05) is 31.9 Å². The van der Waals surface area contributed by atoms with Gasteiger partial charge in [0.1, 0.15) is 23.8 Å². The standard InChI is InChI=1S/C25H25FN4O2/c1-14-23-21(30(3)15(2)25(31)29-23)11-22(28-14)27-12-16-4-9-20-18(10-16)13-32-24(20)17-5-7-19(26)8-6-17/h4-11,15,24H,12-13H2,1-3H3,(H,27,28)(H,29,31)/t15-,24+/m0/s1. The third kappa shape index (κ3) is 3.58. The number of benzene rings is 2. The summed E-state index contributed by atoms with van der Waals surface area (Å²) in [6.07, 6.45) is -0.162. The van der Waals surface area contributed by atoms with Crippen molar-refractivity contribution in [1.29, 1.82) is 0 Å². The summed E-state index contributed by atoms with van der Waals surface area (Å²) < 4.78 is 19.2. The van der Waals surface area contributed by atoms with Crippen LogP contribution in [-0.4, -0.2) is 24.0 Å². The zero-order valence-electron chi connectivity index (χ0n) is 18.3. The maximum Gasteiger partial charge on any atom is 0.246 e. The fraction of sp³-hybridized carbons (Fsp3) is 0.280. The van der Waals surface area contributed by atoms with Crippen molar-refractivity contribution >= 4 is 23.1 Å². The lowest BCUT2D eigenvalue weighted by Crippen LogP contribution is -2.44. The fourth-order valence-corrected chi connectivity index (χ4v) is 4.31. The number of rotatable bonds is 4. The van der Waals surface area contributed by atoms with Crippen LogP contribution >= 0.6 is 0 Å². The molecule has 0 unspecified atom stereocenters. The number of aryl methyl sites for hydroxylation is 1. The lowest BCUT2D eigenvalue weighted by atomic mass is 9.97. The van der Waals surface area contributed by atoms with Crippen molar-refractivity contribution in [3.63, 3.8) is 0 Å². The lowest BCUT2D eigenvalue weighted by Gasteiger charge is -2.34. The molecule has 0 bridgehead atoms. The number of carbonyl (C=O) groups is 1. The molecule has 0 fully saturated rings. The number of nitrogens with one attached hydrogen (secondary N) is 2. The van der Waals surface area contributed by atoms with Gasteiger partial charge in [0.25, 0.3) is 0 Å². The van der Waals surface area contributed by atoms with Gasteiger partial charge >= 0.3 is 0 Å². The molecule has 0 spiro atoms. The molecular weight excluding hydrogens is 407 g/mol. The van der Waals surface area contributed by atoms with E-state index >= 15 is 0 Å². The van der Waals surface area contributed by atoms with Crippen molar-refractivity contribution in [2.45, 2.75) is 39.1 Å². The van der Waals surface area contributed by atoms with E-state index in [1.165, 1.54) is 12.1 Å². The van der Waals surface area contributed by atoms with E-state index in [0.717, 1.165) is 45.1 Å². The summed E-state index contributed by atoms with van der Waals surface area (Å²) in [7, 11) is 1.92.